The smallest absolute Gasteiger partial charge is 0.408 e. The predicted octanol–water partition coefficient (Wildman–Crippen LogP) is 2.15. The molecular formula is C18H28N2O5. The van der Waals surface area contributed by atoms with Crippen molar-refractivity contribution in [1.82, 2.24) is 10.2 Å². The lowest BCUT2D eigenvalue weighted by Crippen LogP contribution is -2.55. The van der Waals surface area contributed by atoms with E-state index in [4.69, 9.17) is 9.47 Å². The summed E-state index contributed by atoms with van der Waals surface area (Å²) in [5.74, 6) is -0.675. The predicted molar refractivity (Wildman–Crippen MR) is 91.8 cm³/mol. The van der Waals surface area contributed by atoms with Crippen LogP contribution in [0.3, 0.4) is 0 Å². The van der Waals surface area contributed by atoms with Crippen LogP contribution in [0.2, 0.25) is 0 Å². The summed E-state index contributed by atoms with van der Waals surface area (Å²) in [5.41, 5.74) is 0.499. The number of carbonyl (C=O) groups excluding carboxylic acids is 3. The Morgan fingerprint density at radius 2 is 1.92 bits per heavy atom. The summed E-state index contributed by atoms with van der Waals surface area (Å²) in [5, 5.41) is 2.67. The van der Waals surface area contributed by atoms with Gasteiger partial charge in [-0.2, -0.15) is 0 Å². The summed E-state index contributed by atoms with van der Waals surface area (Å²) in [7, 11) is 1.32. The molecule has 0 aromatic heterocycles. The van der Waals surface area contributed by atoms with Gasteiger partial charge in [0.1, 0.15) is 17.7 Å². The molecule has 140 valence electrons. The number of esters is 1. The first-order valence-corrected chi connectivity index (χ1v) is 8.69. The number of methoxy groups -OCH3 is 1. The second-order valence-electron chi connectivity index (χ2n) is 7.68. The van der Waals surface area contributed by atoms with Crippen molar-refractivity contribution in [2.24, 2.45) is 0 Å². The molecule has 3 atom stereocenters. The maximum absolute atomic E-state index is 13.0. The molecule has 1 fully saturated rings. The minimum atomic E-state index is -0.716. The van der Waals surface area contributed by atoms with Gasteiger partial charge in [-0.05, 0) is 53.4 Å². The highest BCUT2D eigenvalue weighted by Gasteiger charge is 2.44. The van der Waals surface area contributed by atoms with E-state index in [0.717, 1.165) is 5.57 Å². The average Bonchev–Trinajstić information content (AvgIpc) is 2.90. The van der Waals surface area contributed by atoms with Crippen LogP contribution in [-0.2, 0) is 19.1 Å². The van der Waals surface area contributed by atoms with Crippen molar-refractivity contribution in [2.75, 3.05) is 7.11 Å². The molecule has 25 heavy (non-hydrogen) atoms. The van der Waals surface area contributed by atoms with Gasteiger partial charge in [-0.3, -0.25) is 4.79 Å². The molecule has 7 nitrogen and oxygen atoms in total. The Kier molecular flexibility index (Phi) is 5.75. The standard InChI is InChI=1S/C18H28N2O5/c1-11-6-8-13(19-17(23)25-18(2,3)4)15(21)20-12(10-11)7-9-14(20)16(22)24-5/h10,12-14H,6-9H2,1-5H3,(H,19,23)/b11-10-/t12-,13+,14+/m1/s1. The molecule has 0 aromatic rings. The Bertz CT molecular complexity index is 579. The fourth-order valence-corrected chi connectivity index (χ4v) is 3.36. The number of hydrogen-bond acceptors (Lipinski definition) is 5. The largest absolute Gasteiger partial charge is 0.467 e. The van der Waals surface area contributed by atoms with Crippen molar-refractivity contribution in [2.45, 2.75) is 77.1 Å². The molecule has 0 radical (unpaired) electrons. The molecule has 0 aromatic carbocycles. The van der Waals surface area contributed by atoms with Crippen molar-refractivity contribution >= 4 is 18.0 Å². The number of allylic oxidation sites excluding steroid dienone is 1. The third kappa shape index (κ3) is 4.74. The van der Waals surface area contributed by atoms with E-state index in [1.165, 1.54) is 7.11 Å². The highest BCUT2D eigenvalue weighted by atomic mass is 16.6. The number of amides is 2. The van der Waals surface area contributed by atoms with Gasteiger partial charge in [-0.15, -0.1) is 0 Å². The lowest BCUT2D eigenvalue weighted by Gasteiger charge is -2.33. The summed E-state index contributed by atoms with van der Waals surface area (Å²) in [6.45, 7) is 7.31. The van der Waals surface area contributed by atoms with Gasteiger partial charge in [0.25, 0.3) is 0 Å². The highest BCUT2D eigenvalue weighted by molar-refractivity contribution is 5.91. The van der Waals surface area contributed by atoms with Crippen LogP contribution in [0.1, 0.15) is 53.4 Å². The van der Waals surface area contributed by atoms with E-state index in [0.29, 0.717) is 25.7 Å². The molecule has 2 rings (SSSR count). The van der Waals surface area contributed by atoms with E-state index in [2.05, 4.69) is 5.32 Å². The summed E-state index contributed by atoms with van der Waals surface area (Å²) in [6.07, 6.45) is 3.87. The first-order chi connectivity index (χ1) is 11.6. The Balaban J connectivity index is 2.22. The van der Waals surface area contributed by atoms with Gasteiger partial charge in [0, 0.05) is 0 Å². The molecule has 2 aliphatic rings. The third-order valence-electron chi connectivity index (χ3n) is 4.45. The number of nitrogens with zero attached hydrogens (tertiary/aromatic N) is 1. The van der Waals surface area contributed by atoms with Crippen molar-refractivity contribution < 1.29 is 23.9 Å². The molecule has 1 N–H and O–H groups in total. The second kappa shape index (κ2) is 7.45. The van der Waals surface area contributed by atoms with Crippen molar-refractivity contribution in [3.05, 3.63) is 11.6 Å². The number of nitrogens with one attached hydrogen (secondary N) is 1. The average molecular weight is 352 g/mol. The van der Waals surface area contributed by atoms with Gasteiger partial charge in [-0.1, -0.05) is 11.6 Å². The summed E-state index contributed by atoms with van der Waals surface area (Å²) < 4.78 is 10.1. The topological polar surface area (TPSA) is 84.9 Å². The van der Waals surface area contributed by atoms with E-state index in [-0.39, 0.29) is 11.9 Å². The molecule has 1 saturated heterocycles. The van der Waals surface area contributed by atoms with Gasteiger partial charge >= 0.3 is 12.1 Å². The minimum Gasteiger partial charge on any atom is -0.467 e. The summed E-state index contributed by atoms with van der Waals surface area (Å²) >= 11 is 0. The number of hydrogen-bond donors (Lipinski definition) is 1. The lowest BCUT2D eigenvalue weighted by atomic mass is 9.99. The fourth-order valence-electron chi connectivity index (χ4n) is 3.36. The number of carbonyl (C=O) groups is 3. The number of fused-ring (bicyclic) bond motifs is 1. The van der Waals surface area contributed by atoms with E-state index in [1.807, 2.05) is 13.0 Å². The van der Waals surface area contributed by atoms with E-state index in [9.17, 15) is 14.4 Å². The molecule has 7 heteroatoms. The molecule has 2 aliphatic heterocycles. The third-order valence-corrected chi connectivity index (χ3v) is 4.45. The maximum atomic E-state index is 13.0. The Hall–Kier alpha value is -2.05. The number of alkyl carbamates (subject to hydrolysis) is 1. The van der Waals surface area contributed by atoms with Gasteiger partial charge in [-0.25, -0.2) is 9.59 Å². The van der Waals surface area contributed by atoms with E-state index < -0.39 is 29.7 Å². The molecule has 2 heterocycles. The van der Waals surface area contributed by atoms with Crippen LogP contribution in [0.25, 0.3) is 0 Å². The zero-order chi connectivity index (χ0) is 18.8. The summed E-state index contributed by atoms with van der Waals surface area (Å²) in [4.78, 5) is 38.8. The Labute approximate surface area is 148 Å². The van der Waals surface area contributed by atoms with E-state index in [1.54, 1.807) is 25.7 Å². The molecule has 0 spiro atoms. The highest BCUT2D eigenvalue weighted by Crippen LogP contribution is 2.30. The molecule has 0 saturated carbocycles. The van der Waals surface area contributed by atoms with Crippen LogP contribution >= 0.6 is 0 Å². The molecule has 2 amide bonds. The van der Waals surface area contributed by atoms with Crippen LogP contribution < -0.4 is 5.32 Å². The van der Waals surface area contributed by atoms with Crippen LogP contribution in [0.4, 0.5) is 4.79 Å². The molecular weight excluding hydrogens is 324 g/mol. The molecule has 0 bridgehead atoms. The molecule has 0 unspecified atom stereocenters. The Morgan fingerprint density at radius 3 is 2.52 bits per heavy atom. The quantitative estimate of drug-likeness (QED) is 0.608. The normalized spacial score (nSPS) is 29.0. The zero-order valence-corrected chi connectivity index (χ0v) is 15.6. The van der Waals surface area contributed by atoms with Gasteiger partial charge in [0.05, 0.1) is 13.2 Å². The number of rotatable bonds is 2. The fraction of sp³-hybridized carbons (Fsp3) is 0.722. The second-order valence-corrected chi connectivity index (χ2v) is 7.68. The first-order valence-electron chi connectivity index (χ1n) is 8.69. The van der Waals surface area contributed by atoms with E-state index >= 15 is 0 Å². The minimum absolute atomic E-state index is 0.139. The van der Waals surface area contributed by atoms with Crippen LogP contribution in [0.15, 0.2) is 11.6 Å². The zero-order valence-electron chi connectivity index (χ0n) is 15.6. The Morgan fingerprint density at radius 1 is 1.24 bits per heavy atom. The van der Waals surface area contributed by atoms with Crippen molar-refractivity contribution in [1.29, 1.82) is 0 Å². The van der Waals surface area contributed by atoms with Crippen molar-refractivity contribution in [3.8, 4) is 0 Å². The van der Waals surface area contributed by atoms with Crippen LogP contribution in [0.5, 0.6) is 0 Å². The monoisotopic (exact) mass is 352 g/mol. The van der Waals surface area contributed by atoms with Crippen molar-refractivity contribution in [3.63, 3.8) is 0 Å². The number of ether oxygens (including phenoxy) is 2. The van der Waals surface area contributed by atoms with Gasteiger partial charge in [0.15, 0.2) is 0 Å². The maximum Gasteiger partial charge on any atom is 0.408 e. The van der Waals surface area contributed by atoms with Crippen LogP contribution in [-0.4, -0.2) is 53.7 Å². The lowest BCUT2D eigenvalue weighted by molar-refractivity contribution is -0.152. The van der Waals surface area contributed by atoms with Crippen LogP contribution in [0, 0.1) is 0 Å². The first kappa shape index (κ1) is 19.3. The SMILES string of the molecule is COC(=O)[C@@H]1CC[C@@H]2/C=C(/C)CC[C@H](NC(=O)OC(C)(C)C)C(=O)N21. The summed E-state index contributed by atoms with van der Waals surface area (Å²) in [6, 6.07) is -1.46. The van der Waals surface area contributed by atoms with Gasteiger partial charge < -0.3 is 19.7 Å². The molecule has 0 aliphatic carbocycles. The van der Waals surface area contributed by atoms with Gasteiger partial charge in [0.2, 0.25) is 5.91 Å².